The van der Waals surface area contributed by atoms with E-state index in [1.807, 2.05) is 0 Å². The van der Waals surface area contributed by atoms with Crippen LogP contribution in [0.15, 0.2) is 24.3 Å². The number of ether oxygens (including phenoxy) is 4. The molecule has 0 aromatic heterocycles. The summed E-state index contributed by atoms with van der Waals surface area (Å²) >= 11 is 0. The van der Waals surface area contributed by atoms with Gasteiger partial charge in [0.05, 0.1) is 19.3 Å². The number of aliphatic hydroxyl groups excluding tert-OH is 7. The maximum absolute atomic E-state index is 10.3. The van der Waals surface area contributed by atoms with E-state index >= 15 is 0 Å². The minimum absolute atomic E-state index is 0.352. The van der Waals surface area contributed by atoms with Crippen molar-refractivity contribution in [3.63, 3.8) is 0 Å². The number of rotatable bonds is 9. The molecule has 1 aromatic rings. The normalized spacial score (nSPS) is 38.6. The molecule has 11 nitrogen and oxygen atoms in total. The second-order valence-corrected chi connectivity index (χ2v) is 8.20. The summed E-state index contributed by atoms with van der Waals surface area (Å²) < 4.78 is 21.8. The van der Waals surface area contributed by atoms with Crippen LogP contribution < -0.4 is 4.74 Å². The molecule has 0 amide bonds. The van der Waals surface area contributed by atoms with Crippen molar-refractivity contribution in [2.45, 2.75) is 81.2 Å². The predicted molar refractivity (Wildman–Crippen MR) is 107 cm³/mol. The Morgan fingerprint density at radius 1 is 0.844 bits per heavy atom. The highest BCUT2D eigenvalue weighted by atomic mass is 16.7. The van der Waals surface area contributed by atoms with Crippen LogP contribution in [0.25, 0.3) is 0 Å². The molecule has 0 bridgehead atoms. The highest BCUT2D eigenvalue weighted by molar-refractivity contribution is 5.27. The molecule has 2 aliphatic heterocycles. The highest BCUT2D eigenvalue weighted by Gasteiger charge is 2.47. The average molecular weight is 460 g/mol. The standard InChI is InChI=1S/C21H32O11/c1-10(23)2-3-11-4-6-12(7-5-11)30-21-19(28)17(26)16(25)14(32-21)9-29-20-18(27)15(24)13(8-22)31-20/h4-7,10,13-28H,2-3,8-9H2,1H3/t10-,13+,14-,15-,16-,17+,18+,19-,20-,21-/m1/s1. The van der Waals surface area contributed by atoms with Crippen molar-refractivity contribution in [1.82, 2.24) is 0 Å². The second kappa shape index (κ2) is 11.2. The van der Waals surface area contributed by atoms with Crippen LogP contribution >= 0.6 is 0 Å². The molecule has 2 aliphatic rings. The zero-order valence-corrected chi connectivity index (χ0v) is 17.7. The Kier molecular flexibility index (Phi) is 8.81. The fraction of sp³-hybridized carbons (Fsp3) is 0.714. The molecule has 2 saturated heterocycles. The van der Waals surface area contributed by atoms with Crippen molar-refractivity contribution in [3.8, 4) is 5.75 Å². The molecule has 32 heavy (non-hydrogen) atoms. The maximum Gasteiger partial charge on any atom is 0.229 e. The molecule has 2 fully saturated rings. The topological polar surface area (TPSA) is 179 Å². The molecule has 0 aliphatic carbocycles. The van der Waals surface area contributed by atoms with E-state index in [4.69, 9.17) is 24.1 Å². The van der Waals surface area contributed by atoms with Crippen molar-refractivity contribution >= 4 is 0 Å². The Balaban J connectivity index is 1.58. The monoisotopic (exact) mass is 460 g/mol. The fourth-order valence-corrected chi connectivity index (χ4v) is 3.59. The first-order valence-electron chi connectivity index (χ1n) is 10.6. The molecular weight excluding hydrogens is 428 g/mol. The molecule has 2 heterocycles. The molecule has 0 unspecified atom stereocenters. The van der Waals surface area contributed by atoms with E-state index in [-0.39, 0.29) is 6.61 Å². The third kappa shape index (κ3) is 5.94. The van der Waals surface area contributed by atoms with E-state index < -0.39 is 68.0 Å². The smallest absolute Gasteiger partial charge is 0.229 e. The van der Waals surface area contributed by atoms with E-state index in [2.05, 4.69) is 0 Å². The molecule has 10 atom stereocenters. The lowest BCUT2D eigenvalue weighted by Gasteiger charge is -2.40. The van der Waals surface area contributed by atoms with Gasteiger partial charge in [0.2, 0.25) is 6.29 Å². The minimum atomic E-state index is -1.59. The van der Waals surface area contributed by atoms with Crippen LogP contribution in [0.2, 0.25) is 0 Å². The molecule has 3 rings (SSSR count). The summed E-state index contributed by atoms with van der Waals surface area (Å²) in [4.78, 5) is 0. The van der Waals surface area contributed by atoms with Crippen molar-refractivity contribution in [2.75, 3.05) is 13.2 Å². The molecule has 1 aromatic carbocycles. The zero-order chi connectivity index (χ0) is 23.4. The summed E-state index contributed by atoms with van der Waals surface area (Å²) in [7, 11) is 0. The number of aliphatic hydroxyl groups is 7. The lowest BCUT2D eigenvalue weighted by atomic mass is 9.99. The van der Waals surface area contributed by atoms with E-state index in [9.17, 15) is 30.6 Å². The van der Waals surface area contributed by atoms with Gasteiger partial charge in [0, 0.05) is 0 Å². The summed E-state index contributed by atoms with van der Waals surface area (Å²) in [6, 6.07) is 6.94. The summed E-state index contributed by atoms with van der Waals surface area (Å²) in [6.07, 6.45) is -11.2. The third-order valence-corrected chi connectivity index (χ3v) is 5.62. The van der Waals surface area contributed by atoms with Gasteiger partial charge in [-0.1, -0.05) is 12.1 Å². The number of benzene rings is 1. The number of aryl methyl sites for hydroxylation is 1. The zero-order valence-electron chi connectivity index (χ0n) is 17.7. The fourth-order valence-electron chi connectivity index (χ4n) is 3.59. The van der Waals surface area contributed by atoms with Crippen LogP contribution in [0.1, 0.15) is 18.9 Å². The SMILES string of the molecule is C[C@@H](O)CCc1ccc(O[C@@H]2O[C@H](CO[C@@H]3O[C@@H](CO)[C@@H](O)[C@@H]3O)[C@@H](O)[C@H](O)[C@H]2O)cc1. The van der Waals surface area contributed by atoms with Crippen molar-refractivity contribution in [2.24, 2.45) is 0 Å². The largest absolute Gasteiger partial charge is 0.462 e. The van der Waals surface area contributed by atoms with Crippen molar-refractivity contribution in [3.05, 3.63) is 29.8 Å². The van der Waals surface area contributed by atoms with Gasteiger partial charge in [-0.25, -0.2) is 0 Å². The van der Waals surface area contributed by atoms with Gasteiger partial charge >= 0.3 is 0 Å². The third-order valence-electron chi connectivity index (χ3n) is 5.62. The Hall–Kier alpha value is -1.38. The van der Waals surface area contributed by atoms with E-state index in [1.54, 1.807) is 31.2 Å². The molecule has 0 radical (unpaired) electrons. The molecule has 0 spiro atoms. The summed E-state index contributed by atoms with van der Waals surface area (Å²) in [5.41, 5.74) is 0.989. The first kappa shape index (κ1) is 25.2. The molecule has 11 heteroatoms. The highest BCUT2D eigenvalue weighted by Crippen LogP contribution is 2.27. The van der Waals surface area contributed by atoms with Crippen LogP contribution in [0.4, 0.5) is 0 Å². The molecule has 7 N–H and O–H groups in total. The molecule has 182 valence electrons. The first-order valence-corrected chi connectivity index (χ1v) is 10.6. The van der Waals surface area contributed by atoms with Gasteiger partial charge in [-0.15, -0.1) is 0 Å². The van der Waals surface area contributed by atoms with Gasteiger partial charge in [0.25, 0.3) is 0 Å². The van der Waals surface area contributed by atoms with Gasteiger partial charge in [-0.05, 0) is 37.5 Å². The first-order chi connectivity index (χ1) is 15.2. The van der Waals surface area contributed by atoms with E-state index in [0.717, 1.165) is 5.56 Å². The predicted octanol–water partition coefficient (Wildman–Crippen LogP) is -2.36. The summed E-state index contributed by atoms with van der Waals surface area (Å²) in [5, 5.41) is 68.9. The summed E-state index contributed by atoms with van der Waals surface area (Å²) in [5.74, 6) is 0.363. The van der Waals surface area contributed by atoms with Crippen LogP contribution in [0.3, 0.4) is 0 Å². The van der Waals surface area contributed by atoms with E-state index in [1.165, 1.54) is 0 Å². The van der Waals surface area contributed by atoms with Crippen LogP contribution in [-0.2, 0) is 20.6 Å². The number of hydrogen-bond donors (Lipinski definition) is 7. The summed E-state index contributed by atoms with van der Waals surface area (Å²) in [6.45, 7) is 0.848. The number of hydrogen-bond acceptors (Lipinski definition) is 11. The van der Waals surface area contributed by atoms with Gasteiger partial charge in [0.1, 0.15) is 48.5 Å². The Morgan fingerprint density at radius 2 is 1.44 bits per heavy atom. The van der Waals surface area contributed by atoms with Crippen molar-refractivity contribution in [1.29, 1.82) is 0 Å². The lowest BCUT2D eigenvalue weighted by molar-refractivity contribution is -0.290. The Bertz CT molecular complexity index is 699. The second-order valence-electron chi connectivity index (χ2n) is 8.20. The minimum Gasteiger partial charge on any atom is -0.462 e. The maximum atomic E-state index is 10.3. The quantitative estimate of drug-likeness (QED) is 0.210. The Morgan fingerprint density at radius 3 is 2.03 bits per heavy atom. The van der Waals surface area contributed by atoms with Gasteiger partial charge in [-0.3, -0.25) is 0 Å². The molecule has 0 saturated carbocycles. The van der Waals surface area contributed by atoms with Gasteiger partial charge < -0.3 is 54.7 Å². The average Bonchev–Trinajstić information content (AvgIpc) is 3.06. The van der Waals surface area contributed by atoms with E-state index in [0.29, 0.717) is 18.6 Å². The molecular formula is C21H32O11. The Labute approximate surface area is 185 Å². The lowest BCUT2D eigenvalue weighted by Crippen LogP contribution is -2.60. The van der Waals surface area contributed by atoms with Crippen LogP contribution in [0.5, 0.6) is 5.75 Å². The van der Waals surface area contributed by atoms with Crippen LogP contribution in [-0.4, -0.2) is 110 Å². The van der Waals surface area contributed by atoms with Gasteiger partial charge in [0.15, 0.2) is 6.29 Å². The van der Waals surface area contributed by atoms with Gasteiger partial charge in [-0.2, -0.15) is 0 Å². The van der Waals surface area contributed by atoms with Crippen LogP contribution in [0, 0.1) is 0 Å². The van der Waals surface area contributed by atoms with Crippen molar-refractivity contribution < 1.29 is 54.7 Å².